The van der Waals surface area contributed by atoms with E-state index < -0.39 is 11.7 Å². The van der Waals surface area contributed by atoms with E-state index in [4.69, 9.17) is 9.15 Å². The van der Waals surface area contributed by atoms with Crippen molar-refractivity contribution in [3.8, 4) is 23.2 Å². The quantitative estimate of drug-likeness (QED) is 0.408. The summed E-state index contributed by atoms with van der Waals surface area (Å²) in [5.41, 5.74) is 2.45. The lowest BCUT2D eigenvalue weighted by Gasteiger charge is -2.13. The summed E-state index contributed by atoms with van der Waals surface area (Å²) >= 11 is 0. The van der Waals surface area contributed by atoms with E-state index in [9.17, 15) is 9.18 Å². The van der Waals surface area contributed by atoms with E-state index in [-0.39, 0.29) is 18.2 Å². The van der Waals surface area contributed by atoms with Gasteiger partial charge < -0.3 is 19.4 Å². The summed E-state index contributed by atoms with van der Waals surface area (Å²) in [7, 11) is 3.78. The normalized spacial score (nSPS) is 11.2. The number of nitrogens with one attached hydrogen (secondary N) is 1. The summed E-state index contributed by atoms with van der Waals surface area (Å²) in [5, 5.41) is 7.20. The molecule has 0 saturated heterocycles. The maximum Gasteiger partial charge on any atom is 0.263 e. The zero-order valence-electron chi connectivity index (χ0n) is 20.3. The largest absolute Gasteiger partial charge is 0.484 e. The summed E-state index contributed by atoms with van der Waals surface area (Å²) in [4.78, 5) is 23.6. The number of aromatic nitrogens is 4. The molecule has 9 nitrogen and oxygen atoms in total. The average Bonchev–Trinajstić information content (AvgIpc) is 3.35. The Hall–Kier alpha value is -4.05. The van der Waals surface area contributed by atoms with Crippen molar-refractivity contribution in [3.63, 3.8) is 0 Å². The third-order valence-corrected chi connectivity index (χ3v) is 4.97. The fourth-order valence-electron chi connectivity index (χ4n) is 3.62. The minimum absolute atomic E-state index is 0.257. The van der Waals surface area contributed by atoms with Gasteiger partial charge in [0.25, 0.3) is 5.91 Å². The van der Waals surface area contributed by atoms with Crippen molar-refractivity contribution >= 4 is 11.7 Å². The first-order valence-electron chi connectivity index (χ1n) is 11.0. The van der Waals surface area contributed by atoms with Gasteiger partial charge in [-0.25, -0.2) is 19.0 Å². The molecule has 0 aliphatic heterocycles. The topological polar surface area (TPSA) is 98.3 Å². The van der Waals surface area contributed by atoms with Gasteiger partial charge in [-0.1, -0.05) is 0 Å². The summed E-state index contributed by atoms with van der Waals surface area (Å²) in [5.74, 6) is 1.60. The molecular weight excluding hydrogens is 451 g/mol. The van der Waals surface area contributed by atoms with Crippen LogP contribution in [0.4, 0.5) is 10.2 Å². The smallest absolute Gasteiger partial charge is 0.263 e. The predicted octanol–water partition coefficient (Wildman–Crippen LogP) is 4.07. The molecule has 10 heteroatoms. The van der Waals surface area contributed by atoms with E-state index in [1.165, 1.54) is 12.1 Å². The first-order chi connectivity index (χ1) is 16.7. The molecule has 3 aromatic heterocycles. The molecule has 0 saturated carbocycles. The molecule has 182 valence electrons. The summed E-state index contributed by atoms with van der Waals surface area (Å²) in [6.07, 6.45) is 0. The summed E-state index contributed by atoms with van der Waals surface area (Å²) in [6.45, 7) is 5.85. The Morgan fingerprint density at radius 1 is 1.11 bits per heavy atom. The van der Waals surface area contributed by atoms with Gasteiger partial charge in [0, 0.05) is 24.4 Å². The lowest BCUT2D eigenvalue weighted by atomic mass is 10.2. The van der Waals surface area contributed by atoms with Crippen molar-refractivity contribution in [1.82, 2.24) is 24.6 Å². The number of anilines is 1. The molecule has 0 unspecified atom stereocenters. The van der Waals surface area contributed by atoms with Crippen LogP contribution in [0.25, 0.3) is 17.4 Å². The van der Waals surface area contributed by atoms with Crippen LogP contribution in [-0.2, 0) is 11.3 Å². The highest BCUT2D eigenvalue weighted by Gasteiger charge is 2.15. The fraction of sp³-hybridized carbons (Fsp3) is 0.280. The van der Waals surface area contributed by atoms with Gasteiger partial charge in [0.1, 0.15) is 23.1 Å². The summed E-state index contributed by atoms with van der Waals surface area (Å²) in [6, 6.07) is 11.5. The van der Waals surface area contributed by atoms with Gasteiger partial charge in [0.2, 0.25) is 0 Å². The third kappa shape index (κ3) is 6.10. The Morgan fingerprint density at radius 3 is 2.57 bits per heavy atom. The van der Waals surface area contributed by atoms with E-state index in [1.54, 1.807) is 22.9 Å². The van der Waals surface area contributed by atoms with Crippen LogP contribution >= 0.6 is 0 Å². The van der Waals surface area contributed by atoms with Gasteiger partial charge >= 0.3 is 0 Å². The Bertz CT molecular complexity index is 1360. The SMILES string of the molecule is Cc1cc(C)n(-c2cc(NC(=O)COc3cc(F)cc(CN(C)C)c3)nc(-c3ccc(C)o3)n2)n1. The van der Waals surface area contributed by atoms with Crippen LogP contribution in [0.5, 0.6) is 5.75 Å². The Kier molecular flexibility index (Phi) is 6.92. The molecule has 0 aliphatic carbocycles. The molecule has 4 aromatic rings. The van der Waals surface area contributed by atoms with E-state index in [0.717, 1.165) is 17.0 Å². The van der Waals surface area contributed by atoms with Gasteiger partial charge in [-0.05, 0) is 70.8 Å². The highest BCUT2D eigenvalue weighted by molar-refractivity contribution is 5.91. The number of rotatable bonds is 8. The molecule has 3 heterocycles. The minimum atomic E-state index is -0.456. The highest BCUT2D eigenvalue weighted by atomic mass is 19.1. The third-order valence-electron chi connectivity index (χ3n) is 4.97. The maximum absolute atomic E-state index is 14.0. The van der Waals surface area contributed by atoms with Crippen molar-refractivity contribution in [2.45, 2.75) is 27.3 Å². The summed E-state index contributed by atoms with van der Waals surface area (Å²) < 4.78 is 26.9. The van der Waals surface area contributed by atoms with Crippen LogP contribution < -0.4 is 10.1 Å². The number of ether oxygens (including phenoxy) is 1. The number of furan rings is 1. The first kappa shape index (κ1) is 24.1. The van der Waals surface area contributed by atoms with Crippen LogP contribution in [0.1, 0.15) is 22.7 Å². The number of benzene rings is 1. The van der Waals surface area contributed by atoms with Crippen LogP contribution in [0, 0.1) is 26.6 Å². The number of nitrogens with zero attached hydrogens (tertiary/aromatic N) is 5. The molecule has 0 radical (unpaired) electrons. The molecule has 0 fully saturated rings. The molecule has 0 spiro atoms. The lowest BCUT2D eigenvalue weighted by molar-refractivity contribution is -0.118. The van der Waals surface area contributed by atoms with Gasteiger partial charge in [0.05, 0.1) is 5.69 Å². The standard InChI is InChI=1S/C25H27FN6O3/c1-15-8-16(2)32(30-15)23-12-22(28-25(29-23)21-7-6-17(3)35-21)27-24(33)14-34-20-10-18(13-31(4)5)9-19(26)11-20/h6-12H,13-14H2,1-5H3,(H,27,28,29,33). The Balaban J connectivity index is 1.55. The molecule has 1 N–H and O–H groups in total. The number of hydrogen-bond acceptors (Lipinski definition) is 7. The second-order valence-electron chi connectivity index (χ2n) is 8.55. The van der Waals surface area contributed by atoms with E-state index >= 15 is 0 Å². The van der Waals surface area contributed by atoms with Crippen LogP contribution in [0.2, 0.25) is 0 Å². The highest BCUT2D eigenvalue weighted by Crippen LogP contribution is 2.23. The lowest BCUT2D eigenvalue weighted by Crippen LogP contribution is -2.21. The molecule has 1 aromatic carbocycles. The number of carbonyl (C=O) groups excluding carboxylic acids is 1. The molecule has 35 heavy (non-hydrogen) atoms. The number of halogens is 1. The van der Waals surface area contributed by atoms with Crippen LogP contribution in [0.15, 0.2) is 46.9 Å². The monoisotopic (exact) mass is 478 g/mol. The average molecular weight is 479 g/mol. The van der Waals surface area contributed by atoms with Gasteiger partial charge in [-0.2, -0.15) is 5.10 Å². The second-order valence-corrected chi connectivity index (χ2v) is 8.55. The molecular formula is C25H27FN6O3. The fourth-order valence-corrected chi connectivity index (χ4v) is 3.62. The zero-order chi connectivity index (χ0) is 25.1. The number of amides is 1. The zero-order valence-corrected chi connectivity index (χ0v) is 20.3. The van der Waals surface area contributed by atoms with Crippen LogP contribution in [0.3, 0.4) is 0 Å². The van der Waals surface area contributed by atoms with E-state index in [1.807, 2.05) is 51.9 Å². The molecule has 0 bridgehead atoms. The minimum Gasteiger partial charge on any atom is -0.484 e. The molecule has 0 atom stereocenters. The van der Waals surface area contributed by atoms with Crippen molar-refractivity contribution in [2.75, 3.05) is 26.0 Å². The number of carbonyl (C=O) groups is 1. The number of aryl methyl sites for hydroxylation is 3. The predicted molar refractivity (Wildman–Crippen MR) is 129 cm³/mol. The Labute approximate surface area is 202 Å². The van der Waals surface area contributed by atoms with Gasteiger partial charge in [0.15, 0.2) is 24.0 Å². The van der Waals surface area contributed by atoms with Crippen molar-refractivity contribution in [2.24, 2.45) is 0 Å². The molecule has 1 amide bonds. The Morgan fingerprint density at radius 2 is 1.91 bits per heavy atom. The van der Waals surface area contributed by atoms with Gasteiger partial charge in [-0.15, -0.1) is 0 Å². The van der Waals surface area contributed by atoms with Crippen molar-refractivity contribution < 1.29 is 18.3 Å². The maximum atomic E-state index is 14.0. The van der Waals surface area contributed by atoms with Gasteiger partial charge in [-0.3, -0.25) is 4.79 Å². The second kappa shape index (κ2) is 10.1. The van der Waals surface area contributed by atoms with E-state index in [0.29, 0.717) is 29.7 Å². The molecule has 4 rings (SSSR count). The van der Waals surface area contributed by atoms with E-state index in [2.05, 4.69) is 20.4 Å². The molecule has 0 aliphatic rings. The van der Waals surface area contributed by atoms with Crippen LogP contribution in [-0.4, -0.2) is 51.3 Å². The number of hydrogen-bond donors (Lipinski definition) is 1. The van der Waals surface area contributed by atoms with Crippen molar-refractivity contribution in [1.29, 1.82) is 0 Å². The first-order valence-corrected chi connectivity index (χ1v) is 11.0. The van der Waals surface area contributed by atoms with Crippen molar-refractivity contribution in [3.05, 3.63) is 71.0 Å².